The molecule has 1 heterocycles. The second-order valence-electron chi connectivity index (χ2n) is 4.09. The normalized spacial score (nSPS) is 26.4. The predicted octanol–water partition coefficient (Wildman–Crippen LogP) is 1.10. The highest BCUT2D eigenvalue weighted by atomic mass is 16.5. The average Bonchev–Trinajstić information content (AvgIpc) is 2.19. The van der Waals surface area contributed by atoms with Crippen LogP contribution in [0.15, 0.2) is 0 Å². The van der Waals surface area contributed by atoms with Crippen LogP contribution in [-0.2, 0) is 4.74 Å². The minimum Gasteiger partial charge on any atom is -0.378 e. The number of hydrogen-bond donors (Lipinski definition) is 1. The van der Waals surface area contributed by atoms with Gasteiger partial charge in [0.15, 0.2) is 0 Å². The van der Waals surface area contributed by atoms with Crippen LogP contribution >= 0.6 is 0 Å². The van der Waals surface area contributed by atoms with Crippen LogP contribution < -0.4 is 5.32 Å². The molecule has 3 nitrogen and oxygen atoms in total. The van der Waals surface area contributed by atoms with E-state index in [1.165, 1.54) is 6.42 Å². The fourth-order valence-corrected chi connectivity index (χ4v) is 2.07. The Morgan fingerprint density at radius 3 is 2.93 bits per heavy atom. The third kappa shape index (κ3) is 3.56. The Balaban J connectivity index is 2.32. The molecule has 1 N–H and O–H groups in total. The van der Waals surface area contributed by atoms with Gasteiger partial charge in [0.1, 0.15) is 0 Å². The molecule has 2 unspecified atom stereocenters. The number of rotatable bonds is 5. The Kier molecular flexibility index (Phi) is 5.45. The molecule has 0 aromatic heterocycles. The first-order chi connectivity index (χ1) is 6.77. The smallest absolute Gasteiger partial charge is 0.0622 e. The van der Waals surface area contributed by atoms with Gasteiger partial charge in [0, 0.05) is 25.2 Å². The van der Waals surface area contributed by atoms with E-state index < -0.39 is 0 Å². The van der Waals surface area contributed by atoms with Crippen LogP contribution in [0.3, 0.4) is 0 Å². The largest absolute Gasteiger partial charge is 0.378 e. The molecule has 1 fully saturated rings. The number of morpholine rings is 1. The maximum Gasteiger partial charge on any atom is 0.0622 e. The highest BCUT2D eigenvalue weighted by Gasteiger charge is 2.22. The molecule has 0 aromatic rings. The first kappa shape index (κ1) is 12.0. The summed E-state index contributed by atoms with van der Waals surface area (Å²) in [6.07, 6.45) is 1.19. The van der Waals surface area contributed by atoms with E-state index in [1.54, 1.807) is 0 Å². The Labute approximate surface area is 87.8 Å². The van der Waals surface area contributed by atoms with E-state index in [-0.39, 0.29) is 0 Å². The zero-order chi connectivity index (χ0) is 10.4. The summed E-state index contributed by atoms with van der Waals surface area (Å²) < 4.78 is 5.48. The van der Waals surface area contributed by atoms with Gasteiger partial charge in [0.2, 0.25) is 0 Å². The third-order valence-electron chi connectivity index (χ3n) is 2.88. The highest BCUT2D eigenvalue weighted by molar-refractivity contribution is 4.77. The molecule has 1 aliphatic heterocycles. The van der Waals surface area contributed by atoms with Gasteiger partial charge >= 0.3 is 0 Å². The number of nitrogens with one attached hydrogen (secondary N) is 1. The van der Waals surface area contributed by atoms with Gasteiger partial charge in [-0.1, -0.05) is 13.8 Å². The second kappa shape index (κ2) is 6.38. The SMILES string of the molecule is CCNC(C)CN1CCOCC1CC. The summed E-state index contributed by atoms with van der Waals surface area (Å²) >= 11 is 0. The van der Waals surface area contributed by atoms with Gasteiger partial charge in [-0.2, -0.15) is 0 Å². The maximum absolute atomic E-state index is 5.48. The molecule has 0 spiro atoms. The summed E-state index contributed by atoms with van der Waals surface area (Å²) in [5.41, 5.74) is 0. The third-order valence-corrected chi connectivity index (χ3v) is 2.88. The zero-order valence-electron chi connectivity index (χ0n) is 9.75. The van der Waals surface area contributed by atoms with Gasteiger partial charge in [-0.05, 0) is 19.9 Å². The molecule has 0 radical (unpaired) electrons. The summed E-state index contributed by atoms with van der Waals surface area (Å²) in [7, 11) is 0. The average molecular weight is 200 g/mol. The van der Waals surface area contributed by atoms with Crippen molar-refractivity contribution in [2.24, 2.45) is 0 Å². The van der Waals surface area contributed by atoms with Crippen molar-refractivity contribution in [2.45, 2.75) is 39.3 Å². The molecule has 0 bridgehead atoms. The first-order valence-electron chi connectivity index (χ1n) is 5.83. The Hall–Kier alpha value is -0.120. The van der Waals surface area contributed by atoms with Gasteiger partial charge in [-0.15, -0.1) is 0 Å². The van der Waals surface area contributed by atoms with Crippen LogP contribution in [0.25, 0.3) is 0 Å². The standard InChI is InChI=1S/C11H24N2O/c1-4-11-9-14-7-6-13(11)8-10(3)12-5-2/h10-12H,4-9H2,1-3H3. The van der Waals surface area contributed by atoms with Crippen molar-refractivity contribution >= 4 is 0 Å². The van der Waals surface area contributed by atoms with Crippen molar-refractivity contribution in [1.29, 1.82) is 0 Å². The molecule has 1 saturated heterocycles. The lowest BCUT2D eigenvalue weighted by atomic mass is 10.1. The predicted molar refractivity (Wildman–Crippen MR) is 59.6 cm³/mol. The Bertz CT molecular complexity index is 152. The van der Waals surface area contributed by atoms with Crippen molar-refractivity contribution in [3.05, 3.63) is 0 Å². The molecule has 0 amide bonds. The minimum atomic E-state index is 0.590. The maximum atomic E-state index is 5.48. The summed E-state index contributed by atoms with van der Waals surface area (Å²) in [5, 5.41) is 3.45. The summed E-state index contributed by atoms with van der Waals surface area (Å²) in [5.74, 6) is 0. The molecular formula is C11H24N2O. The highest BCUT2D eigenvalue weighted by Crippen LogP contribution is 2.10. The second-order valence-corrected chi connectivity index (χ2v) is 4.09. The molecule has 1 rings (SSSR count). The lowest BCUT2D eigenvalue weighted by Crippen LogP contribution is -2.50. The van der Waals surface area contributed by atoms with Crippen molar-refractivity contribution in [3.63, 3.8) is 0 Å². The van der Waals surface area contributed by atoms with E-state index in [0.717, 1.165) is 32.8 Å². The van der Waals surface area contributed by atoms with Crippen LogP contribution in [0.5, 0.6) is 0 Å². The molecule has 84 valence electrons. The van der Waals surface area contributed by atoms with E-state index in [4.69, 9.17) is 4.74 Å². The molecule has 0 aromatic carbocycles. The quantitative estimate of drug-likeness (QED) is 0.719. The van der Waals surface area contributed by atoms with Gasteiger partial charge < -0.3 is 10.1 Å². The van der Waals surface area contributed by atoms with Crippen molar-refractivity contribution < 1.29 is 4.74 Å². The lowest BCUT2D eigenvalue weighted by molar-refractivity contribution is -0.0116. The van der Waals surface area contributed by atoms with Crippen molar-refractivity contribution in [1.82, 2.24) is 10.2 Å². The monoisotopic (exact) mass is 200 g/mol. The van der Waals surface area contributed by atoms with E-state index >= 15 is 0 Å². The lowest BCUT2D eigenvalue weighted by Gasteiger charge is -2.36. The molecular weight excluding hydrogens is 176 g/mol. The zero-order valence-corrected chi connectivity index (χ0v) is 9.75. The van der Waals surface area contributed by atoms with Crippen LogP contribution in [-0.4, -0.2) is 49.8 Å². The van der Waals surface area contributed by atoms with Crippen molar-refractivity contribution in [2.75, 3.05) is 32.8 Å². The Morgan fingerprint density at radius 2 is 2.29 bits per heavy atom. The van der Waals surface area contributed by atoms with Crippen molar-refractivity contribution in [3.8, 4) is 0 Å². The molecule has 3 heteroatoms. The molecule has 0 saturated carbocycles. The van der Waals surface area contributed by atoms with Crippen LogP contribution in [0.1, 0.15) is 27.2 Å². The van der Waals surface area contributed by atoms with Crippen LogP contribution in [0, 0.1) is 0 Å². The van der Waals surface area contributed by atoms with Gasteiger partial charge in [0.25, 0.3) is 0 Å². The van der Waals surface area contributed by atoms with E-state index in [0.29, 0.717) is 12.1 Å². The summed E-state index contributed by atoms with van der Waals surface area (Å²) in [4.78, 5) is 2.55. The van der Waals surface area contributed by atoms with Crippen LogP contribution in [0.2, 0.25) is 0 Å². The number of nitrogens with zero attached hydrogens (tertiary/aromatic N) is 1. The topological polar surface area (TPSA) is 24.5 Å². The van der Waals surface area contributed by atoms with Gasteiger partial charge in [-0.25, -0.2) is 0 Å². The Morgan fingerprint density at radius 1 is 1.50 bits per heavy atom. The molecule has 14 heavy (non-hydrogen) atoms. The van der Waals surface area contributed by atoms with E-state index in [2.05, 4.69) is 31.0 Å². The summed E-state index contributed by atoms with van der Waals surface area (Å²) in [6, 6.07) is 1.22. The first-order valence-corrected chi connectivity index (χ1v) is 5.83. The van der Waals surface area contributed by atoms with Gasteiger partial charge in [-0.3, -0.25) is 4.90 Å². The van der Waals surface area contributed by atoms with E-state index in [1.807, 2.05) is 0 Å². The molecule has 0 aliphatic carbocycles. The van der Waals surface area contributed by atoms with Gasteiger partial charge in [0.05, 0.1) is 13.2 Å². The fraction of sp³-hybridized carbons (Fsp3) is 1.00. The fourth-order valence-electron chi connectivity index (χ4n) is 2.07. The van der Waals surface area contributed by atoms with Crippen LogP contribution in [0.4, 0.5) is 0 Å². The summed E-state index contributed by atoms with van der Waals surface area (Å²) in [6.45, 7) is 11.8. The number of ether oxygens (including phenoxy) is 1. The number of likely N-dealkylation sites (N-methyl/N-ethyl adjacent to an activating group) is 1. The molecule has 2 atom stereocenters. The minimum absolute atomic E-state index is 0.590. The van der Waals surface area contributed by atoms with E-state index in [9.17, 15) is 0 Å². The number of hydrogen-bond acceptors (Lipinski definition) is 3. The molecule has 1 aliphatic rings.